The van der Waals surface area contributed by atoms with Crippen LogP contribution in [-0.2, 0) is 0 Å². The van der Waals surface area contributed by atoms with Crippen molar-refractivity contribution in [3.05, 3.63) is 0 Å². The van der Waals surface area contributed by atoms with Crippen molar-refractivity contribution in [1.82, 2.24) is 5.01 Å². The van der Waals surface area contributed by atoms with E-state index in [2.05, 4.69) is 32.7 Å². The third-order valence-electron chi connectivity index (χ3n) is 4.07. The van der Waals surface area contributed by atoms with Crippen LogP contribution in [0.5, 0.6) is 0 Å². The van der Waals surface area contributed by atoms with Gasteiger partial charge in [0.2, 0.25) is 0 Å². The number of unbranched alkanes of at least 4 members (excludes halogenated alkanes) is 2. The van der Waals surface area contributed by atoms with Crippen molar-refractivity contribution < 1.29 is 0 Å². The van der Waals surface area contributed by atoms with Crippen LogP contribution in [0, 0.1) is 11.8 Å². The number of rotatable bonds is 12. The first kappa shape index (κ1) is 17.9. The Morgan fingerprint density at radius 2 is 1.17 bits per heavy atom. The van der Waals surface area contributed by atoms with Crippen molar-refractivity contribution in [2.75, 3.05) is 13.1 Å². The lowest BCUT2D eigenvalue weighted by molar-refractivity contribution is 0.184. The quantitative estimate of drug-likeness (QED) is 0.408. The van der Waals surface area contributed by atoms with E-state index in [9.17, 15) is 0 Å². The summed E-state index contributed by atoms with van der Waals surface area (Å²) in [6, 6.07) is 0. The van der Waals surface area contributed by atoms with Crippen LogP contribution >= 0.6 is 0 Å². The number of hydrogen-bond donors (Lipinski definition) is 1. The van der Waals surface area contributed by atoms with Crippen LogP contribution in [-0.4, -0.2) is 18.1 Å². The van der Waals surface area contributed by atoms with Gasteiger partial charge in [0.05, 0.1) is 0 Å². The Bertz CT molecular complexity index is 152. The zero-order valence-corrected chi connectivity index (χ0v) is 13.3. The molecule has 2 unspecified atom stereocenters. The summed E-state index contributed by atoms with van der Waals surface area (Å²) in [7, 11) is 0. The predicted octanol–water partition coefficient (Wildman–Crippen LogP) is 4.59. The first-order valence-corrected chi connectivity index (χ1v) is 8.17. The van der Waals surface area contributed by atoms with Gasteiger partial charge < -0.3 is 0 Å². The highest BCUT2D eigenvalue weighted by atomic mass is 15.4. The summed E-state index contributed by atoms with van der Waals surface area (Å²) < 4.78 is 0. The molecule has 0 spiro atoms. The van der Waals surface area contributed by atoms with Crippen molar-refractivity contribution >= 4 is 0 Å². The molecule has 0 saturated carbocycles. The van der Waals surface area contributed by atoms with Gasteiger partial charge in [0, 0.05) is 13.1 Å². The van der Waals surface area contributed by atoms with Gasteiger partial charge in [-0.05, 0) is 24.7 Å². The van der Waals surface area contributed by atoms with Crippen LogP contribution in [0.2, 0.25) is 0 Å². The molecular weight excluding hydrogens is 220 g/mol. The Balaban J connectivity index is 3.92. The summed E-state index contributed by atoms with van der Waals surface area (Å²) in [4.78, 5) is 0. The van der Waals surface area contributed by atoms with Crippen molar-refractivity contribution in [2.24, 2.45) is 17.7 Å². The molecule has 0 aliphatic heterocycles. The molecule has 2 nitrogen and oxygen atoms in total. The smallest absolute Gasteiger partial charge is 0.0156 e. The normalized spacial score (nSPS) is 15.0. The summed E-state index contributed by atoms with van der Waals surface area (Å²) in [5, 5.41) is 2.09. The molecule has 2 N–H and O–H groups in total. The molecule has 0 aliphatic carbocycles. The SMILES string of the molecule is CCCCC(CC)CN(N)CC(CC)CCCC. The Labute approximate surface area is 115 Å². The van der Waals surface area contributed by atoms with Crippen LogP contribution in [0.3, 0.4) is 0 Å². The maximum Gasteiger partial charge on any atom is 0.0156 e. The molecule has 18 heavy (non-hydrogen) atoms. The average Bonchev–Trinajstić information content (AvgIpc) is 2.39. The molecule has 0 aromatic heterocycles. The Kier molecular flexibility index (Phi) is 11.9. The maximum atomic E-state index is 6.20. The minimum absolute atomic E-state index is 0.790. The van der Waals surface area contributed by atoms with E-state index in [1.54, 1.807) is 0 Å². The molecule has 0 amide bonds. The van der Waals surface area contributed by atoms with E-state index < -0.39 is 0 Å². The molecule has 0 aliphatic rings. The van der Waals surface area contributed by atoms with Gasteiger partial charge in [0.25, 0.3) is 0 Å². The van der Waals surface area contributed by atoms with Gasteiger partial charge in [-0.3, -0.25) is 5.84 Å². The van der Waals surface area contributed by atoms with E-state index in [4.69, 9.17) is 5.84 Å². The van der Waals surface area contributed by atoms with Gasteiger partial charge >= 0.3 is 0 Å². The van der Waals surface area contributed by atoms with Crippen LogP contribution in [0.15, 0.2) is 0 Å². The number of nitrogens with two attached hydrogens (primary N) is 1. The second-order valence-corrected chi connectivity index (χ2v) is 5.79. The fraction of sp³-hybridized carbons (Fsp3) is 1.00. The molecule has 0 saturated heterocycles. The summed E-state index contributed by atoms with van der Waals surface area (Å²) >= 11 is 0. The van der Waals surface area contributed by atoms with E-state index in [1.165, 1.54) is 51.4 Å². The lowest BCUT2D eigenvalue weighted by atomic mass is 9.96. The zero-order chi connectivity index (χ0) is 13.8. The first-order chi connectivity index (χ1) is 8.67. The summed E-state index contributed by atoms with van der Waals surface area (Å²) in [5.41, 5.74) is 0. The minimum atomic E-state index is 0.790. The van der Waals surface area contributed by atoms with E-state index in [0.29, 0.717) is 0 Å². The largest absolute Gasteiger partial charge is 0.269 e. The minimum Gasteiger partial charge on any atom is -0.269 e. The Hall–Kier alpha value is -0.0800. The third-order valence-corrected chi connectivity index (χ3v) is 4.07. The molecule has 0 aromatic rings. The molecule has 0 radical (unpaired) electrons. The number of nitrogens with zero attached hydrogens (tertiary/aromatic N) is 1. The average molecular weight is 256 g/mol. The molecular formula is C16H36N2. The van der Waals surface area contributed by atoms with Crippen LogP contribution in [0.4, 0.5) is 0 Å². The highest BCUT2D eigenvalue weighted by Crippen LogP contribution is 2.16. The lowest BCUT2D eigenvalue weighted by Crippen LogP contribution is -2.39. The van der Waals surface area contributed by atoms with E-state index in [-0.39, 0.29) is 0 Å². The first-order valence-electron chi connectivity index (χ1n) is 8.17. The molecule has 0 aromatic carbocycles. The summed E-state index contributed by atoms with van der Waals surface area (Å²) in [6.07, 6.45) is 10.5. The third kappa shape index (κ3) is 8.93. The van der Waals surface area contributed by atoms with Crippen molar-refractivity contribution in [3.63, 3.8) is 0 Å². The zero-order valence-electron chi connectivity index (χ0n) is 13.3. The van der Waals surface area contributed by atoms with Gasteiger partial charge in [-0.15, -0.1) is 0 Å². The summed E-state index contributed by atoms with van der Waals surface area (Å²) in [5.74, 6) is 7.78. The van der Waals surface area contributed by atoms with E-state index in [1.807, 2.05) is 0 Å². The van der Waals surface area contributed by atoms with Crippen LogP contribution < -0.4 is 5.84 Å². The molecule has 0 rings (SSSR count). The highest BCUT2D eigenvalue weighted by molar-refractivity contribution is 4.66. The lowest BCUT2D eigenvalue weighted by Gasteiger charge is -2.26. The van der Waals surface area contributed by atoms with Gasteiger partial charge in [0.1, 0.15) is 0 Å². The number of hydrogen-bond acceptors (Lipinski definition) is 2. The maximum absolute atomic E-state index is 6.20. The Morgan fingerprint density at radius 3 is 1.44 bits per heavy atom. The van der Waals surface area contributed by atoms with Crippen molar-refractivity contribution in [3.8, 4) is 0 Å². The van der Waals surface area contributed by atoms with E-state index in [0.717, 1.165) is 24.9 Å². The second kappa shape index (κ2) is 12.0. The molecule has 0 fully saturated rings. The molecule has 110 valence electrons. The van der Waals surface area contributed by atoms with Crippen LogP contribution in [0.1, 0.15) is 79.1 Å². The van der Waals surface area contributed by atoms with E-state index >= 15 is 0 Å². The Morgan fingerprint density at radius 1 is 0.778 bits per heavy atom. The molecule has 0 bridgehead atoms. The van der Waals surface area contributed by atoms with Crippen LogP contribution in [0.25, 0.3) is 0 Å². The van der Waals surface area contributed by atoms with Gasteiger partial charge in [0.15, 0.2) is 0 Å². The summed E-state index contributed by atoms with van der Waals surface area (Å²) in [6.45, 7) is 11.3. The molecule has 2 heteroatoms. The molecule has 0 heterocycles. The fourth-order valence-corrected chi connectivity index (χ4v) is 2.57. The van der Waals surface area contributed by atoms with Gasteiger partial charge in [-0.25, -0.2) is 5.01 Å². The molecule has 2 atom stereocenters. The fourth-order valence-electron chi connectivity index (χ4n) is 2.57. The van der Waals surface area contributed by atoms with Crippen molar-refractivity contribution in [2.45, 2.75) is 79.1 Å². The standard InChI is InChI=1S/C16H36N2/c1-5-9-11-15(7-3)13-18(17)14-16(8-4)12-10-6-2/h15-16H,5-14,17H2,1-4H3. The second-order valence-electron chi connectivity index (χ2n) is 5.79. The number of hydrazine groups is 1. The van der Waals surface area contributed by atoms with Gasteiger partial charge in [-0.2, -0.15) is 0 Å². The topological polar surface area (TPSA) is 29.3 Å². The van der Waals surface area contributed by atoms with Gasteiger partial charge in [-0.1, -0.05) is 66.2 Å². The monoisotopic (exact) mass is 256 g/mol. The highest BCUT2D eigenvalue weighted by Gasteiger charge is 2.13. The predicted molar refractivity (Wildman–Crippen MR) is 82.4 cm³/mol. The van der Waals surface area contributed by atoms with Crippen molar-refractivity contribution in [1.29, 1.82) is 0 Å².